The van der Waals surface area contributed by atoms with Crippen molar-refractivity contribution >= 4 is 5.91 Å². The van der Waals surface area contributed by atoms with Gasteiger partial charge in [0.25, 0.3) is 0 Å². The molecule has 0 aliphatic heterocycles. The van der Waals surface area contributed by atoms with E-state index in [1.807, 2.05) is 6.92 Å². The van der Waals surface area contributed by atoms with Crippen LogP contribution in [0.3, 0.4) is 0 Å². The summed E-state index contributed by atoms with van der Waals surface area (Å²) in [5, 5.41) is 12.8. The normalized spacial score (nSPS) is 26.3. The summed E-state index contributed by atoms with van der Waals surface area (Å²) in [4.78, 5) is 13.2. The molecule has 0 aromatic rings. The van der Waals surface area contributed by atoms with Crippen molar-refractivity contribution in [1.29, 1.82) is 0 Å². The minimum Gasteiger partial charge on any atom is -0.392 e. The van der Waals surface area contributed by atoms with Gasteiger partial charge in [-0.1, -0.05) is 12.8 Å². The van der Waals surface area contributed by atoms with Gasteiger partial charge in [0, 0.05) is 19.6 Å². The van der Waals surface area contributed by atoms with Gasteiger partial charge in [-0.25, -0.2) is 0 Å². The molecule has 1 rings (SSSR count). The molecule has 0 aromatic heterocycles. The Morgan fingerprint density at radius 3 is 2.73 bits per heavy atom. The number of hydrogen-bond donors (Lipinski definition) is 2. The second kappa shape index (κ2) is 6.08. The first kappa shape index (κ1) is 12.5. The van der Waals surface area contributed by atoms with E-state index < -0.39 is 0 Å². The number of carbonyl (C=O) groups excluding carboxylic acids is 1. The van der Waals surface area contributed by atoms with Gasteiger partial charge in [0.05, 0.1) is 12.6 Å². The lowest BCUT2D eigenvalue weighted by atomic mass is 9.92. The number of nitrogens with zero attached hydrogens (tertiary/aromatic N) is 1. The third kappa shape index (κ3) is 3.80. The monoisotopic (exact) mass is 214 g/mol. The van der Waals surface area contributed by atoms with Crippen LogP contribution < -0.4 is 5.32 Å². The Kier molecular flexibility index (Phi) is 5.05. The number of aliphatic hydroxyl groups is 1. The lowest BCUT2D eigenvalue weighted by Crippen LogP contribution is -2.46. The van der Waals surface area contributed by atoms with Gasteiger partial charge < -0.3 is 15.3 Å². The Labute approximate surface area is 91.6 Å². The molecule has 2 unspecified atom stereocenters. The molecule has 4 nitrogen and oxygen atoms in total. The molecule has 1 aliphatic rings. The Hall–Kier alpha value is -0.610. The van der Waals surface area contributed by atoms with Crippen LogP contribution in [0, 0.1) is 0 Å². The summed E-state index contributed by atoms with van der Waals surface area (Å²) >= 11 is 0. The number of aliphatic hydroxyl groups excluding tert-OH is 1. The number of likely N-dealkylation sites (N-methyl/N-ethyl adjacent to an activating group) is 1. The lowest BCUT2D eigenvalue weighted by Gasteiger charge is -2.28. The molecular formula is C11H22N2O2. The fourth-order valence-corrected chi connectivity index (χ4v) is 1.88. The van der Waals surface area contributed by atoms with Crippen LogP contribution in [0.1, 0.15) is 32.6 Å². The molecule has 1 aliphatic carbocycles. The van der Waals surface area contributed by atoms with E-state index in [0.717, 1.165) is 32.2 Å². The standard InChI is InChI=1S/C11H22N2O2/c1-3-13(2)11(15)8-12-9-6-4-5-7-10(9)14/h9-10,12,14H,3-8H2,1-2H3. The van der Waals surface area contributed by atoms with Gasteiger partial charge in [0.15, 0.2) is 0 Å². The Bertz CT molecular complexity index is 209. The quantitative estimate of drug-likeness (QED) is 0.710. The molecule has 2 N–H and O–H groups in total. The Balaban J connectivity index is 2.26. The van der Waals surface area contributed by atoms with Crippen LogP contribution in [0.5, 0.6) is 0 Å². The molecule has 0 spiro atoms. The van der Waals surface area contributed by atoms with Crippen molar-refractivity contribution < 1.29 is 9.90 Å². The first-order valence-corrected chi connectivity index (χ1v) is 5.80. The molecule has 1 saturated carbocycles. The summed E-state index contributed by atoms with van der Waals surface area (Å²) in [5.74, 6) is 0.0928. The minimum absolute atomic E-state index is 0.0928. The highest BCUT2D eigenvalue weighted by atomic mass is 16.3. The first-order chi connectivity index (χ1) is 7.15. The summed E-state index contributed by atoms with van der Waals surface area (Å²) < 4.78 is 0. The summed E-state index contributed by atoms with van der Waals surface area (Å²) in [6.07, 6.45) is 3.80. The van der Waals surface area contributed by atoms with E-state index in [4.69, 9.17) is 0 Å². The highest BCUT2D eigenvalue weighted by molar-refractivity contribution is 5.77. The highest BCUT2D eigenvalue weighted by Crippen LogP contribution is 2.17. The topological polar surface area (TPSA) is 52.6 Å². The molecule has 2 atom stereocenters. The third-order valence-electron chi connectivity index (χ3n) is 3.15. The molecule has 0 radical (unpaired) electrons. The van der Waals surface area contributed by atoms with E-state index in [2.05, 4.69) is 5.32 Å². The fraction of sp³-hybridized carbons (Fsp3) is 0.909. The van der Waals surface area contributed by atoms with E-state index in [9.17, 15) is 9.90 Å². The van der Waals surface area contributed by atoms with Crippen LogP contribution in [0.2, 0.25) is 0 Å². The maximum atomic E-state index is 11.5. The molecule has 0 bridgehead atoms. The number of rotatable bonds is 4. The molecule has 88 valence electrons. The Morgan fingerprint density at radius 1 is 1.47 bits per heavy atom. The van der Waals surface area contributed by atoms with Crippen molar-refractivity contribution in [2.24, 2.45) is 0 Å². The zero-order valence-corrected chi connectivity index (χ0v) is 9.70. The van der Waals surface area contributed by atoms with E-state index in [0.29, 0.717) is 6.54 Å². The number of hydrogen-bond acceptors (Lipinski definition) is 3. The minimum atomic E-state index is -0.279. The summed E-state index contributed by atoms with van der Waals surface area (Å²) in [6, 6.07) is 0.105. The summed E-state index contributed by atoms with van der Waals surface area (Å²) in [7, 11) is 1.79. The largest absolute Gasteiger partial charge is 0.392 e. The predicted molar refractivity (Wildman–Crippen MR) is 59.6 cm³/mol. The van der Waals surface area contributed by atoms with Crippen molar-refractivity contribution in [3.8, 4) is 0 Å². The van der Waals surface area contributed by atoms with Gasteiger partial charge in [-0.05, 0) is 19.8 Å². The van der Waals surface area contributed by atoms with Gasteiger partial charge in [0.1, 0.15) is 0 Å². The van der Waals surface area contributed by atoms with Crippen molar-refractivity contribution in [2.75, 3.05) is 20.1 Å². The van der Waals surface area contributed by atoms with Crippen molar-refractivity contribution in [1.82, 2.24) is 10.2 Å². The molecule has 1 amide bonds. The van der Waals surface area contributed by atoms with E-state index in [1.165, 1.54) is 0 Å². The SMILES string of the molecule is CCN(C)C(=O)CNC1CCCCC1O. The maximum Gasteiger partial charge on any atom is 0.236 e. The number of carbonyl (C=O) groups is 1. The lowest BCUT2D eigenvalue weighted by molar-refractivity contribution is -0.129. The van der Waals surface area contributed by atoms with Crippen LogP contribution in [-0.2, 0) is 4.79 Å². The van der Waals surface area contributed by atoms with Crippen molar-refractivity contribution in [2.45, 2.75) is 44.8 Å². The molecule has 0 heterocycles. The van der Waals surface area contributed by atoms with Crippen LogP contribution in [0.25, 0.3) is 0 Å². The Morgan fingerprint density at radius 2 is 2.13 bits per heavy atom. The zero-order chi connectivity index (χ0) is 11.3. The second-order valence-corrected chi connectivity index (χ2v) is 4.25. The smallest absolute Gasteiger partial charge is 0.236 e. The fourth-order valence-electron chi connectivity index (χ4n) is 1.88. The van der Waals surface area contributed by atoms with Gasteiger partial charge in [-0.3, -0.25) is 4.79 Å². The van der Waals surface area contributed by atoms with Crippen LogP contribution in [0.4, 0.5) is 0 Å². The molecule has 0 aromatic carbocycles. The summed E-state index contributed by atoms with van der Waals surface area (Å²) in [6.45, 7) is 3.02. The molecule has 1 fully saturated rings. The van der Waals surface area contributed by atoms with Gasteiger partial charge >= 0.3 is 0 Å². The molecule has 15 heavy (non-hydrogen) atoms. The van der Waals surface area contributed by atoms with Gasteiger partial charge in [0.2, 0.25) is 5.91 Å². The molecule has 4 heteroatoms. The van der Waals surface area contributed by atoms with Gasteiger partial charge in [-0.2, -0.15) is 0 Å². The number of nitrogens with one attached hydrogen (secondary N) is 1. The van der Waals surface area contributed by atoms with Crippen molar-refractivity contribution in [3.63, 3.8) is 0 Å². The highest BCUT2D eigenvalue weighted by Gasteiger charge is 2.23. The third-order valence-corrected chi connectivity index (χ3v) is 3.15. The van der Waals surface area contributed by atoms with Crippen molar-refractivity contribution in [3.05, 3.63) is 0 Å². The summed E-state index contributed by atoms with van der Waals surface area (Å²) in [5.41, 5.74) is 0. The maximum absolute atomic E-state index is 11.5. The van der Waals surface area contributed by atoms with E-state index in [-0.39, 0.29) is 18.1 Å². The number of amides is 1. The predicted octanol–water partition coefficient (Wildman–Crippen LogP) is 0.358. The van der Waals surface area contributed by atoms with Crippen LogP contribution in [-0.4, -0.2) is 48.2 Å². The van der Waals surface area contributed by atoms with Crippen LogP contribution in [0.15, 0.2) is 0 Å². The first-order valence-electron chi connectivity index (χ1n) is 5.80. The molecular weight excluding hydrogens is 192 g/mol. The van der Waals surface area contributed by atoms with E-state index >= 15 is 0 Å². The van der Waals surface area contributed by atoms with E-state index in [1.54, 1.807) is 11.9 Å². The molecule has 0 saturated heterocycles. The second-order valence-electron chi connectivity index (χ2n) is 4.25. The van der Waals surface area contributed by atoms with Crippen LogP contribution >= 0.6 is 0 Å². The van der Waals surface area contributed by atoms with Gasteiger partial charge in [-0.15, -0.1) is 0 Å². The average Bonchev–Trinajstić information content (AvgIpc) is 2.26. The zero-order valence-electron chi connectivity index (χ0n) is 9.70. The average molecular weight is 214 g/mol.